The number of hydrogen-bond acceptors (Lipinski definition) is 3. The molecule has 5 aromatic rings. The van der Waals surface area contributed by atoms with Gasteiger partial charge in [0.05, 0.1) is 11.1 Å². The van der Waals surface area contributed by atoms with Gasteiger partial charge in [-0.05, 0) is 55.7 Å². The molecule has 2 aliphatic carbocycles. The van der Waals surface area contributed by atoms with Gasteiger partial charge in [-0.1, -0.05) is 84.9 Å². The number of nitrogens with zero attached hydrogens (tertiary/aromatic N) is 1. The fourth-order valence-electron chi connectivity index (χ4n) is 6.05. The second kappa shape index (κ2) is 6.16. The summed E-state index contributed by atoms with van der Waals surface area (Å²) in [6.45, 7) is 0. The first-order valence-electron chi connectivity index (χ1n) is 10.8. The highest BCUT2D eigenvalue weighted by Gasteiger charge is 2.50. The Bertz CT molecular complexity index is 1530. The second-order valence-electron chi connectivity index (χ2n) is 8.54. The minimum atomic E-state index is -1.54. The lowest BCUT2D eigenvalue weighted by Crippen LogP contribution is -2.35. The molecule has 1 spiro atoms. The van der Waals surface area contributed by atoms with Crippen LogP contribution in [-0.4, -0.2) is 22.2 Å². The van der Waals surface area contributed by atoms with E-state index in [4.69, 9.17) is 4.98 Å². The highest BCUT2D eigenvalue weighted by molar-refractivity contribution is 6.62. The molecule has 0 aliphatic heterocycles. The Morgan fingerprint density at radius 1 is 0.594 bits per heavy atom. The number of pyridine rings is 1. The molecule has 0 unspecified atom stereocenters. The smallest absolute Gasteiger partial charge is 0.423 e. The zero-order valence-electron chi connectivity index (χ0n) is 17.2. The summed E-state index contributed by atoms with van der Waals surface area (Å²) >= 11 is 0. The molecule has 4 heteroatoms. The number of aromatic nitrogens is 1. The van der Waals surface area contributed by atoms with E-state index < -0.39 is 12.5 Å². The van der Waals surface area contributed by atoms with Crippen molar-refractivity contribution in [2.24, 2.45) is 0 Å². The highest BCUT2D eigenvalue weighted by atomic mass is 16.4. The molecule has 0 saturated heterocycles. The number of fused-ring (bicyclic) bond motifs is 9. The number of benzene rings is 4. The molecule has 3 nitrogen and oxygen atoms in total. The molecule has 1 heterocycles. The molecule has 4 aromatic carbocycles. The van der Waals surface area contributed by atoms with Gasteiger partial charge in [0.2, 0.25) is 0 Å². The first-order chi connectivity index (χ1) is 15.7. The van der Waals surface area contributed by atoms with Crippen molar-refractivity contribution in [3.8, 4) is 22.4 Å². The Morgan fingerprint density at radius 2 is 1.25 bits per heavy atom. The SMILES string of the molecule is OB(O)c1ccc2c3c(cccc13)C1(c3ccccc3-c3ccccc31)c1cccnc1-2. The van der Waals surface area contributed by atoms with Gasteiger partial charge >= 0.3 is 7.12 Å². The average molecular weight is 411 g/mol. The van der Waals surface area contributed by atoms with E-state index in [1.807, 2.05) is 30.5 Å². The van der Waals surface area contributed by atoms with E-state index >= 15 is 0 Å². The van der Waals surface area contributed by atoms with Gasteiger partial charge < -0.3 is 10.0 Å². The quantitative estimate of drug-likeness (QED) is 0.397. The zero-order valence-corrected chi connectivity index (χ0v) is 17.2. The summed E-state index contributed by atoms with van der Waals surface area (Å²) in [7, 11) is -1.54. The van der Waals surface area contributed by atoms with Crippen molar-refractivity contribution in [1.29, 1.82) is 0 Å². The van der Waals surface area contributed by atoms with Gasteiger partial charge in [0.15, 0.2) is 0 Å². The van der Waals surface area contributed by atoms with Crippen LogP contribution in [0.5, 0.6) is 0 Å². The van der Waals surface area contributed by atoms with Gasteiger partial charge in [0.1, 0.15) is 0 Å². The van der Waals surface area contributed by atoms with Crippen molar-refractivity contribution in [2.45, 2.75) is 5.41 Å². The van der Waals surface area contributed by atoms with Crippen LogP contribution < -0.4 is 5.46 Å². The molecule has 0 bridgehead atoms. The van der Waals surface area contributed by atoms with Crippen molar-refractivity contribution in [1.82, 2.24) is 4.98 Å². The Balaban J connectivity index is 1.77. The van der Waals surface area contributed by atoms with E-state index in [0.29, 0.717) is 5.46 Å². The van der Waals surface area contributed by atoms with Crippen molar-refractivity contribution < 1.29 is 10.0 Å². The zero-order chi connectivity index (χ0) is 21.4. The Morgan fingerprint density at radius 3 is 1.97 bits per heavy atom. The van der Waals surface area contributed by atoms with Gasteiger partial charge in [-0.3, -0.25) is 4.98 Å². The molecular formula is C28H18BNO2. The van der Waals surface area contributed by atoms with Crippen LogP contribution in [0.3, 0.4) is 0 Å². The lowest BCUT2D eigenvalue weighted by molar-refractivity contribution is 0.426. The normalized spacial score (nSPS) is 14.2. The Kier molecular flexibility index (Phi) is 3.45. The highest BCUT2D eigenvalue weighted by Crippen LogP contribution is 2.61. The predicted octanol–water partition coefficient (Wildman–Crippen LogP) is 4.26. The summed E-state index contributed by atoms with van der Waals surface area (Å²) < 4.78 is 0. The first kappa shape index (κ1) is 17.9. The lowest BCUT2D eigenvalue weighted by atomic mass is 9.61. The molecule has 32 heavy (non-hydrogen) atoms. The average Bonchev–Trinajstić information content (AvgIpc) is 3.13. The van der Waals surface area contributed by atoms with Crippen LogP contribution >= 0.6 is 0 Å². The molecule has 2 N–H and O–H groups in total. The standard InChI is InChI=1S/C28H18BNO2/c31-29(32)25-15-14-20-26-19(25)9-5-12-23(26)28(24-13-6-16-30-27(20)24)21-10-3-1-7-17(21)18-8-2-4-11-22(18)28/h1-16,31-32H. The molecule has 0 fully saturated rings. The largest absolute Gasteiger partial charge is 0.489 e. The van der Waals surface area contributed by atoms with E-state index in [1.165, 1.54) is 22.3 Å². The minimum Gasteiger partial charge on any atom is -0.423 e. The van der Waals surface area contributed by atoms with Crippen LogP contribution in [0.25, 0.3) is 33.2 Å². The van der Waals surface area contributed by atoms with Crippen LogP contribution in [0.15, 0.2) is 97.2 Å². The van der Waals surface area contributed by atoms with Gasteiger partial charge in [-0.25, -0.2) is 0 Å². The van der Waals surface area contributed by atoms with Crippen LogP contribution in [0.2, 0.25) is 0 Å². The fraction of sp³-hybridized carbons (Fsp3) is 0.0357. The maximum absolute atomic E-state index is 10.1. The molecular weight excluding hydrogens is 393 g/mol. The van der Waals surface area contributed by atoms with Crippen molar-refractivity contribution in [3.63, 3.8) is 0 Å². The molecule has 1 aromatic heterocycles. The van der Waals surface area contributed by atoms with Crippen LogP contribution in [0.1, 0.15) is 22.3 Å². The van der Waals surface area contributed by atoms with Crippen LogP contribution in [-0.2, 0) is 5.41 Å². The summed E-state index contributed by atoms with van der Waals surface area (Å²) in [5.41, 5.74) is 9.24. The maximum atomic E-state index is 10.1. The molecule has 150 valence electrons. The Hall–Kier alpha value is -3.73. The van der Waals surface area contributed by atoms with Gasteiger partial charge in [0.25, 0.3) is 0 Å². The van der Waals surface area contributed by atoms with Gasteiger partial charge in [0, 0.05) is 11.8 Å². The van der Waals surface area contributed by atoms with Gasteiger partial charge in [-0.2, -0.15) is 0 Å². The molecule has 7 rings (SSSR count). The molecule has 0 saturated carbocycles. The monoisotopic (exact) mass is 411 g/mol. The maximum Gasteiger partial charge on any atom is 0.489 e. The fourth-order valence-corrected chi connectivity index (χ4v) is 6.05. The first-order valence-corrected chi connectivity index (χ1v) is 10.8. The summed E-state index contributed by atoms with van der Waals surface area (Å²) in [6.07, 6.45) is 1.84. The third-order valence-corrected chi connectivity index (χ3v) is 7.18. The van der Waals surface area contributed by atoms with Crippen molar-refractivity contribution >= 4 is 23.4 Å². The van der Waals surface area contributed by atoms with Crippen molar-refractivity contribution in [2.75, 3.05) is 0 Å². The summed E-state index contributed by atoms with van der Waals surface area (Å²) in [5.74, 6) is 0. The number of hydrogen-bond donors (Lipinski definition) is 2. The van der Waals surface area contributed by atoms with E-state index in [1.54, 1.807) is 6.07 Å². The molecule has 2 aliphatic rings. The summed E-state index contributed by atoms with van der Waals surface area (Å²) in [6, 6.07) is 31.4. The summed E-state index contributed by atoms with van der Waals surface area (Å²) in [4.78, 5) is 4.86. The van der Waals surface area contributed by atoms with Crippen LogP contribution in [0.4, 0.5) is 0 Å². The van der Waals surface area contributed by atoms with E-state index in [2.05, 4.69) is 60.7 Å². The Labute approximate surface area is 185 Å². The molecule has 0 atom stereocenters. The minimum absolute atomic E-state index is 0.512. The van der Waals surface area contributed by atoms with Crippen LogP contribution in [0, 0.1) is 0 Å². The van der Waals surface area contributed by atoms with E-state index in [-0.39, 0.29) is 0 Å². The molecule has 0 amide bonds. The molecule has 0 radical (unpaired) electrons. The topological polar surface area (TPSA) is 53.4 Å². The van der Waals surface area contributed by atoms with Gasteiger partial charge in [-0.15, -0.1) is 0 Å². The summed E-state index contributed by atoms with van der Waals surface area (Å²) in [5, 5.41) is 22.1. The lowest BCUT2D eigenvalue weighted by Gasteiger charge is -2.39. The number of rotatable bonds is 1. The van der Waals surface area contributed by atoms with Crippen molar-refractivity contribution in [3.05, 3.63) is 119 Å². The third kappa shape index (κ3) is 1.97. The van der Waals surface area contributed by atoms with E-state index in [9.17, 15) is 10.0 Å². The predicted molar refractivity (Wildman–Crippen MR) is 128 cm³/mol. The van der Waals surface area contributed by atoms with E-state index in [0.717, 1.165) is 33.2 Å². The second-order valence-corrected chi connectivity index (χ2v) is 8.54. The third-order valence-electron chi connectivity index (χ3n) is 7.18.